The van der Waals surface area contributed by atoms with Crippen LogP contribution in [0.15, 0.2) is 52.0 Å². The normalized spacial score (nSPS) is 10.8. The Labute approximate surface area is 156 Å². The number of rotatable bonds is 6. The zero-order valence-electron chi connectivity index (χ0n) is 13.7. The minimum Gasteiger partial charge on any atom is -0.493 e. The summed E-state index contributed by atoms with van der Waals surface area (Å²) in [6, 6.07) is 13.6. The molecule has 0 amide bonds. The molecular formula is C18H20BrN3OS. The van der Waals surface area contributed by atoms with Gasteiger partial charge in [0.05, 0.1) is 18.5 Å². The molecule has 0 aliphatic rings. The van der Waals surface area contributed by atoms with Gasteiger partial charge in [-0.3, -0.25) is 0 Å². The second-order valence-electron chi connectivity index (χ2n) is 5.21. The van der Waals surface area contributed by atoms with Gasteiger partial charge in [0, 0.05) is 10.0 Å². The van der Waals surface area contributed by atoms with Crippen molar-refractivity contribution in [1.82, 2.24) is 0 Å². The van der Waals surface area contributed by atoms with Crippen LogP contribution in [0.25, 0.3) is 0 Å². The molecule has 0 saturated carbocycles. The molecule has 0 fully saturated rings. The molecular weight excluding hydrogens is 386 g/mol. The minimum atomic E-state index is 0.184. The highest BCUT2D eigenvalue weighted by atomic mass is 79.9. The van der Waals surface area contributed by atoms with Gasteiger partial charge in [-0.15, -0.1) is 0 Å². The summed E-state index contributed by atoms with van der Waals surface area (Å²) >= 11 is 8.61. The lowest BCUT2D eigenvalue weighted by Gasteiger charge is -2.19. The van der Waals surface area contributed by atoms with Crippen molar-refractivity contribution >= 4 is 45.2 Å². The lowest BCUT2D eigenvalue weighted by Crippen LogP contribution is -2.31. The third-order valence-electron chi connectivity index (χ3n) is 3.29. The Bertz CT molecular complexity index is 749. The van der Waals surface area contributed by atoms with E-state index in [4.69, 9.17) is 22.7 Å². The number of hydrogen-bond donors (Lipinski definition) is 1. The molecule has 2 rings (SSSR count). The van der Waals surface area contributed by atoms with Gasteiger partial charge in [0.15, 0.2) is 5.11 Å². The Balaban J connectivity index is 2.31. The van der Waals surface area contributed by atoms with Gasteiger partial charge in [-0.25, -0.2) is 5.01 Å². The van der Waals surface area contributed by atoms with Gasteiger partial charge >= 0.3 is 0 Å². The Morgan fingerprint density at radius 3 is 2.75 bits per heavy atom. The summed E-state index contributed by atoms with van der Waals surface area (Å²) in [4.78, 5) is 0. The van der Waals surface area contributed by atoms with Crippen LogP contribution in [0.1, 0.15) is 24.5 Å². The molecule has 0 saturated heterocycles. The van der Waals surface area contributed by atoms with Crippen molar-refractivity contribution in [2.45, 2.75) is 20.3 Å². The number of halogens is 1. The van der Waals surface area contributed by atoms with Crippen molar-refractivity contribution in [3.8, 4) is 5.75 Å². The average Bonchev–Trinajstić information content (AvgIpc) is 2.55. The molecule has 2 aromatic carbocycles. The summed E-state index contributed by atoms with van der Waals surface area (Å²) < 4.78 is 6.74. The average molecular weight is 406 g/mol. The Morgan fingerprint density at radius 1 is 1.33 bits per heavy atom. The molecule has 2 N–H and O–H groups in total. The van der Waals surface area contributed by atoms with E-state index in [0.29, 0.717) is 6.61 Å². The van der Waals surface area contributed by atoms with Gasteiger partial charge < -0.3 is 10.5 Å². The maximum atomic E-state index is 5.86. The first kappa shape index (κ1) is 18.4. The molecule has 2 aromatic rings. The molecule has 0 radical (unpaired) electrons. The van der Waals surface area contributed by atoms with E-state index in [9.17, 15) is 0 Å². The van der Waals surface area contributed by atoms with Crippen LogP contribution < -0.4 is 15.5 Å². The lowest BCUT2D eigenvalue weighted by molar-refractivity contribution is 0.317. The van der Waals surface area contributed by atoms with Crippen LogP contribution in [-0.4, -0.2) is 17.9 Å². The first-order chi connectivity index (χ1) is 11.5. The molecule has 0 bridgehead atoms. The number of thiocarbonyl (C=S) groups is 1. The molecule has 0 aliphatic heterocycles. The molecule has 24 heavy (non-hydrogen) atoms. The fraction of sp³-hybridized carbons (Fsp3) is 0.222. The smallest absolute Gasteiger partial charge is 0.191 e. The van der Waals surface area contributed by atoms with Crippen molar-refractivity contribution in [3.05, 3.63) is 58.1 Å². The number of nitrogens with two attached hydrogens (primary N) is 1. The number of aryl methyl sites for hydroxylation is 1. The summed E-state index contributed by atoms with van der Waals surface area (Å²) in [5.74, 6) is 0.790. The van der Waals surface area contributed by atoms with Crippen LogP contribution in [0.5, 0.6) is 5.75 Å². The van der Waals surface area contributed by atoms with E-state index in [2.05, 4.69) is 28.0 Å². The Morgan fingerprint density at radius 2 is 2.08 bits per heavy atom. The van der Waals surface area contributed by atoms with Crippen LogP contribution in [0.4, 0.5) is 5.69 Å². The van der Waals surface area contributed by atoms with E-state index in [1.807, 2.05) is 49.4 Å². The summed E-state index contributed by atoms with van der Waals surface area (Å²) in [5.41, 5.74) is 8.60. The summed E-state index contributed by atoms with van der Waals surface area (Å²) in [7, 11) is 0. The fourth-order valence-electron chi connectivity index (χ4n) is 2.14. The second kappa shape index (κ2) is 8.80. The van der Waals surface area contributed by atoms with E-state index in [1.54, 1.807) is 11.2 Å². The molecule has 0 aliphatic carbocycles. The van der Waals surface area contributed by atoms with Crippen molar-refractivity contribution in [3.63, 3.8) is 0 Å². The van der Waals surface area contributed by atoms with Gasteiger partial charge in [-0.2, -0.15) is 5.10 Å². The summed E-state index contributed by atoms with van der Waals surface area (Å²) in [6.45, 7) is 4.72. The number of benzene rings is 2. The van der Waals surface area contributed by atoms with E-state index in [1.165, 1.54) is 0 Å². The SMILES string of the molecule is CCCOc1ccccc1/C=N\N(C(N)=S)c1ccc(Br)cc1C. The lowest BCUT2D eigenvalue weighted by atomic mass is 10.2. The van der Waals surface area contributed by atoms with Crippen molar-refractivity contribution in [2.75, 3.05) is 11.6 Å². The minimum absolute atomic E-state index is 0.184. The fourth-order valence-corrected chi connectivity index (χ4v) is 2.77. The van der Waals surface area contributed by atoms with E-state index < -0.39 is 0 Å². The molecule has 0 spiro atoms. The van der Waals surface area contributed by atoms with Crippen LogP contribution >= 0.6 is 28.1 Å². The van der Waals surface area contributed by atoms with Gasteiger partial charge in [-0.05, 0) is 61.5 Å². The van der Waals surface area contributed by atoms with Crippen LogP contribution in [-0.2, 0) is 0 Å². The van der Waals surface area contributed by atoms with E-state index >= 15 is 0 Å². The zero-order chi connectivity index (χ0) is 17.5. The highest BCUT2D eigenvalue weighted by Crippen LogP contribution is 2.24. The van der Waals surface area contributed by atoms with Crippen LogP contribution in [0.3, 0.4) is 0 Å². The molecule has 4 nitrogen and oxygen atoms in total. The van der Waals surface area contributed by atoms with Gasteiger partial charge in [0.1, 0.15) is 5.75 Å². The molecule has 0 heterocycles. The second-order valence-corrected chi connectivity index (χ2v) is 6.55. The monoisotopic (exact) mass is 405 g/mol. The number of nitrogens with zero attached hydrogens (tertiary/aromatic N) is 2. The third-order valence-corrected chi connectivity index (χ3v) is 3.95. The van der Waals surface area contributed by atoms with Gasteiger partial charge in [0.25, 0.3) is 0 Å². The van der Waals surface area contributed by atoms with E-state index in [-0.39, 0.29) is 5.11 Å². The third kappa shape index (κ3) is 4.79. The summed E-state index contributed by atoms with van der Waals surface area (Å²) in [5, 5.41) is 6.20. The Kier molecular flexibility index (Phi) is 6.75. The molecule has 0 aromatic heterocycles. The van der Waals surface area contributed by atoms with Crippen LogP contribution in [0.2, 0.25) is 0 Å². The summed E-state index contributed by atoms with van der Waals surface area (Å²) in [6.07, 6.45) is 2.66. The highest BCUT2D eigenvalue weighted by molar-refractivity contribution is 9.10. The van der Waals surface area contributed by atoms with Crippen molar-refractivity contribution in [1.29, 1.82) is 0 Å². The van der Waals surface area contributed by atoms with Gasteiger partial charge in [0.2, 0.25) is 0 Å². The molecule has 0 atom stereocenters. The number of anilines is 1. The van der Waals surface area contributed by atoms with Crippen LogP contribution in [0, 0.1) is 6.92 Å². The Hall–Kier alpha value is -1.92. The molecule has 0 unspecified atom stereocenters. The standard InChI is InChI=1S/C18H20BrN3OS/c1-3-10-23-17-7-5-4-6-14(17)12-21-22(18(20)24)16-9-8-15(19)11-13(16)2/h4-9,11-12H,3,10H2,1-2H3,(H2,20,24)/b21-12-. The molecule has 6 heteroatoms. The number of hydrogen-bond acceptors (Lipinski definition) is 3. The largest absolute Gasteiger partial charge is 0.493 e. The van der Waals surface area contributed by atoms with E-state index in [0.717, 1.165) is 33.5 Å². The maximum absolute atomic E-state index is 5.86. The van der Waals surface area contributed by atoms with Crippen molar-refractivity contribution < 1.29 is 4.74 Å². The predicted molar refractivity (Wildman–Crippen MR) is 108 cm³/mol. The van der Waals surface area contributed by atoms with Crippen molar-refractivity contribution in [2.24, 2.45) is 10.8 Å². The number of para-hydroxylation sites is 1. The number of ether oxygens (including phenoxy) is 1. The molecule has 126 valence electrons. The zero-order valence-corrected chi connectivity index (χ0v) is 16.1. The number of hydrazone groups is 1. The first-order valence-electron chi connectivity index (χ1n) is 7.64. The van der Waals surface area contributed by atoms with Gasteiger partial charge in [-0.1, -0.05) is 35.0 Å². The quantitative estimate of drug-likeness (QED) is 0.432. The topological polar surface area (TPSA) is 50.8 Å². The predicted octanol–water partition coefficient (Wildman–Crippen LogP) is 4.63. The maximum Gasteiger partial charge on any atom is 0.191 e. The first-order valence-corrected chi connectivity index (χ1v) is 8.84. The highest BCUT2D eigenvalue weighted by Gasteiger charge is 2.11.